The Morgan fingerprint density at radius 3 is 2.60 bits per heavy atom. The molecule has 2 nitrogen and oxygen atoms in total. The quantitative estimate of drug-likeness (QED) is 0.528. The zero-order valence-electron chi connectivity index (χ0n) is 8.99. The second-order valence-corrected chi connectivity index (χ2v) is 3.08. The Labute approximate surface area is 89.2 Å². The summed E-state index contributed by atoms with van der Waals surface area (Å²) in [6, 6.07) is 7.63. The van der Waals surface area contributed by atoms with E-state index in [2.05, 4.69) is 11.3 Å². The van der Waals surface area contributed by atoms with Crippen LogP contribution in [0.25, 0.3) is 12.7 Å². The number of carbonyl (C=O) groups excluding carboxylic acids is 1. The number of benzene rings is 1. The van der Waals surface area contributed by atoms with Crippen LogP contribution in [0.3, 0.4) is 0 Å². The largest absolute Gasteiger partial charge is 0.465 e. The zero-order valence-corrected chi connectivity index (χ0v) is 8.99. The van der Waals surface area contributed by atoms with Gasteiger partial charge in [-0.25, -0.2) is 4.79 Å². The molecule has 0 bridgehead atoms. The monoisotopic (exact) mass is 202 g/mol. The maximum Gasteiger partial charge on any atom is 0.337 e. The first-order valence-corrected chi connectivity index (χ1v) is 4.69. The molecule has 78 valence electrons. The van der Waals surface area contributed by atoms with Gasteiger partial charge in [0, 0.05) is 0 Å². The van der Waals surface area contributed by atoms with Crippen LogP contribution in [-0.4, -0.2) is 13.1 Å². The molecular formula is C13H14O2. The molecule has 0 spiro atoms. The maximum absolute atomic E-state index is 11.3. The second kappa shape index (κ2) is 5.15. The van der Waals surface area contributed by atoms with E-state index in [1.807, 2.05) is 24.3 Å². The van der Waals surface area contributed by atoms with E-state index in [-0.39, 0.29) is 5.97 Å². The molecular weight excluding hydrogens is 188 g/mol. The molecule has 15 heavy (non-hydrogen) atoms. The van der Waals surface area contributed by atoms with E-state index in [4.69, 9.17) is 0 Å². The van der Waals surface area contributed by atoms with E-state index in [1.54, 1.807) is 19.1 Å². The van der Waals surface area contributed by atoms with Crippen molar-refractivity contribution in [3.63, 3.8) is 0 Å². The third kappa shape index (κ3) is 2.81. The molecule has 0 aliphatic rings. The lowest BCUT2D eigenvalue weighted by Gasteiger charge is -1.98. The highest BCUT2D eigenvalue weighted by Crippen LogP contribution is 1.98. The first-order valence-electron chi connectivity index (χ1n) is 4.69. The predicted octanol–water partition coefficient (Wildman–Crippen LogP) is 0.997. The lowest BCUT2D eigenvalue weighted by molar-refractivity contribution is -0.135. The van der Waals surface area contributed by atoms with Gasteiger partial charge in [0.15, 0.2) is 0 Å². The SMILES string of the molecule is C=c1cccc/c1=C/C(=C\C)C(=O)OC. The standard InChI is InChI=1S/C13H14O2/c1-4-11(13(14)15-3)9-12-8-6-5-7-10(12)2/h4-9H,2H2,1,3H3/b11-4+,12-9-. The molecule has 0 heterocycles. The highest BCUT2D eigenvalue weighted by molar-refractivity contribution is 5.97. The summed E-state index contributed by atoms with van der Waals surface area (Å²) in [7, 11) is 1.37. The van der Waals surface area contributed by atoms with Gasteiger partial charge in [0.25, 0.3) is 0 Å². The summed E-state index contributed by atoms with van der Waals surface area (Å²) in [4.78, 5) is 11.3. The third-order valence-electron chi connectivity index (χ3n) is 2.10. The van der Waals surface area contributed by atoms with Crippen LogP contribution in [-0.2, 0) is 9.53 Å². The van der Waals surface area contributed by atoms with Crippen molar-refractivity contribution in [3.8, 4) is 0 Å². The minimum Gasteiger partial charge on any atom is -0.465 e. The molecule has 0 N–H and O–H groups in total. The Kier molecular flexibility index (Phi) is 3.86. The average Bonchev–Trinajstić information content (AvgIpc) is 2.27. The van der Waals surface area contributed by atoms with E-state index in [0.717, 1.165) is 10.4 Å². The van der Waals surface area contributed by atoms with Crippen molar-refractivity contribution in [1.29, 1.82) is 0 Å². The number of ether oxygens (including phenoxy) is 1. The van der Waals surface area contributed by atoms with Crippen molar-refractivity contribution in [1.82, 2.24) is 0 Å². The van der Waals surface area contributed by atoms with E-state index >= 15 is 0 Å². The topological polar surface area (TPSA) is 26.3 Å². The molecule has 0 fully saturated rings. The maximum atomic E-state index is 11.3. The van der Waals surface area contributed by atoms with E-state index in [0.29, 0.717) is 5.57 Å². The first-order chi connectivity index (χ1) is 7.19. The Morgan fingerprint density at radius 2 is 2.07 bits per heavy atom. The second-order valence-electron chi connectivity index (χ2n) is 3.08. The summed E-state index contributed by atoms with van der Waals surface area (Å²) in [6.45, 7) is 5.68. The van der Waals surface area contributed by atoms with Crippen molar-refractivity contribution < 1.29 is 9.53 Å². The molecule has 0 unspecified atom stereocenters. The predicted molar refractivity (Wildman–Crippen MR) is 61.5 cm³/mol. The van der Waals surface area contributed by atoms with Gasteiger partial charge in [0.2, 0.25) is 0 Å². The molecule has 0 saturated heterocycles. The number of esters is 1. The lowest BCUT2D eigenvalue weighted by atomic mass is 10.1. The fourth-order valence-corrected chi connectivity index (χ4v) is 1.22. The summed E-state index contributed by atoms with van der Waals surface area (Å²) in [5.41, 5.74) is 0.536. The molecule has 0 aliphatic carbocycles. The van der Waals surface area contributed by atoms with Crippen LogP contribution in [0.2, 0.25) is 0 Å². The zero-order chi connectivity index (χ0) is 11.3. The summed E-state index contributed by atoms with van der Waals surface area (Å²) in [5.74, 6) is -0.333. The summed E-state index contributed by atoms with van der Waals surface area (Å²) in [5, 5.41) is 1.82. The first kappa shape index (κ1) is 11.2. The van der Waals surface area contributed by atoms with Gasteiger partial charge in [-0.05, 0) is 23.4 Å². The van der Waals surface area contributed by atoms with E-state index in [9.17, 15) is 4.79 Å². The highest BCUT2D eigenvalue weighted by Gasteiger charge is 2.03. The Balaban J connectivity index is 3.23. The molecule has 0 radical (unpaired) electrons. The molecule has 0 atom stereocenters. The van der Waals surface area contributed by atoms with Gasteiger partial charge in [-0.2, -0.15) is 0 Å². The van der Waals surface area contributed by atoms with Gasteiger partial charge in [-0.15, -0.1) is 0 Å². The minimum atomic E-state index is -0.333. The van der Waals surface area contributed by atoms with Gasteiger partial charge in [0.05, 0.1) is 12.7 Å². The molecule has 2 heteroatoms. The van der Waals surface area contributed by atoms with Gasteiger partial charge in [-0.1, -0.05) is 36.9 Å². The van der Waals surface area contributed by atoms with E-state index < -0.39 is 0 Å². The molecule has 0 saturated carbocycles. The van der Waals surface area contributed by atoms with Crippen LogP contribution in [0.5, 0.6) is 0 Å². The number of hydrogen-bond donors (Lipinski definition) is 0. The highest BCUT2D eigenvalue weighted by atomic mass is 16.5. The van der Waals surface area contributed by atoms with Crippen LogP contribution in [0.15, 0.2) is 35.9 Å². The summed E-state index contributed by atoms with van der Waals surface area (Å²) >= 11 is 0. The Bertz CT molecular complexity index is 484. The van der Waals surface area contributed by atoms with Gasteiger partial charge >= 0.3 is 5.97 Å². The number of methoxy groups -OCH3 is 1. The Hall–Kier alpha value is -1.83. The smallest absolute Gasteiger partial charge is 0.337 e. The fourth-order valence-electron chi connectivity index (χ4n) is 1.22. The van der Waals surface area contributed by atoms with E-state index in [1.165, 1.54) is 7.11 Å². The van der Waals surface area contributed by atoms with Crippen LogP contribution in [0, 0.1) is 0 Å². The molecule has 1 rings (SSSR count). The van der Waals surface area contributed by atoms with Gasteiger partial charge in [0.1, 0.15) is 0 Å². The normalized spacial score (nSPS) is 12.7. The number of hydrogen-bond acceptors (Lipinski definition) is 2. The summed E-state index contributed by atoms with van der Waals surface area (Å²) in [6.07, 6.45) is 3.49. The number of carbonyl (C=O) groups is 1. The van der Waals surface area contributed by atoms with Gasteiger partial charge in [-0.3, -0.25) is 0 Å². The number of allylic oxidation sites excluding steroid dienone is 1. The lowest BCUT2D eigenvalue weighted by Crippen LogP contribution is -2.23. The number of rotatable bonds is 2. The van der Waals surface area contributed by atoms with Crippen molar-refractivity contribution in [2.24, 2.45) is 0 Å². The summed E-state index contributed by atoms with van der Waals surface area (Å²) < 4.78 is 4.66. The van der Waals surface area contributed by atoms with Crippen LogP contribution < -0.4 is 10.4 Å². The van der Waals surface area contributed by atoms with Crippen LogP contribution in [0.1, 0.15) is 6.92 Å². The van der Waals surface area contributed by atoms with Crippen LogP contribution in [0.4, 0.5) is 0 Å². The van der Waals surface area contributed by atoms with Crippen molar-refractivity contribution in [3.05, 3.63) is 46.4 Å². The van der Waals surface area contributed by atoms with Crippen molar-refractivity contribution in [2.75, 3.05) is 7.11 Å². The molecule has 0 amide bonds. The Morgan fingerprint density at radius 1 is 1.40 bits per heavy atom. The van der Waals surface area contributed by atoms with Crippen LogP contribution >= 0.6 is 0 Å². The molecule has 0 aliphatic heterocycles. The molecule has 1 aromatic carbocycles. The fraction of sp³-hybridized carbons (Fsp3) is 0.154. The molecule has 0 aromatic heterocycles. The van der Waals surface area contributed by atoms with Crippen molar-refractivity contribution >= 4 is 18.6 Å². The third-order valence-corrected chi connectivity index (χ3v) is 2.10. The van der Waals surface area contributed by atoms with Crippen molar-refractivity contribution in [2.45, 2.75) is 6.92 Å². The minimum absolute atomic E-state index is 0.333. The average molecular weight is 202 g/mol. The molecule has 1 aromatic rings. The van der Waals surface area contributed by atoms with Gasteiger partial charge < -0.3 is 4.74 Å².